The SMILES string of the molecule is Cc1oc(-c2ccc(C(F)(F)F)cc2)nc1CN(C)Cc1nc(-c2ccncc2)no1. The average molecular weight is 429 g/mol. The normalized spacial score (nSPS) is 11.9. The number of oxazole rings is 1. The molecular weight excluding hydrogens is 411 g/mol. The molecule has 10 heteroatoms. The second-order valence-corrected chi connectivity index (χ2v) is 7.02. The van der Waals surface area contributed by atoms with Crippen LogP contribution in [-0.2, 0) is 19.3 Å². The Balaban J connectivity index is 1.43. The summed E-state index contributed by atoms with van der Waals surface area (Å²) in [5.41, 5.74) is 1.24. The van der Waals surface area contributed by atoms with Gasteiger partial charge in [-0.25, -0.2) is 4.98 Å². The third-order valence-corrected chi connectivity index (χ3v) is 4.58. The molecule has 1 aromatic carbocycles. The minimum Gasteiger partial charge on any atom is -0.441 e. The monoisotopic (exact) mass is 429 g/mol. The maximum absolute atomic E-state index is 12.7. The number of aromatic nitrogens is 4. The minimum atomic E-state index is -4.38. The fourth-order valence-electron chi connectivity index (χ4n) is 2.98. The number of rotatable bonds is 6. The zero-order valence-corrected chi connectivity index (χ0v) is 16.7. The van der Waals surface area contributed by atoms with E-state index in [1.54, 1.807) is 31.5 Å². The third-order valence-electron chi connectivity index (χ3n) is 4.58. The van der Waals surface area contributed by atoms with Crippen molar-refractivity contribution in [1.29, 1.82) is 0 Å². The fourth-order valence-corrected chi connectivity index (χ4v) is 2.98. The third kappa shape index (κ3) is 4.80. The van der Waals surface area contributed by atoms with E-state index in [2.05, 4.69) is 20.1 Å². The first-order valence-electron chi connectivity index (χ1n) is 9.35. The zero-order chi connectivity index (χ0) is 22.0. The molecule has 0 saturated carbocycles. The molecule has 3 heterocycles. The number of benzene rings is 1. The molecular formula is C21H18F3N5O2. The number of pyridine rings is 1. The molecule has 0 aliphatic rings. The molecule has 0 aliphatic heterocycles. The Bertz CT molecular complexity index is 1150. The number of halogens is 3. The molecule has 0 fully saturated rings. The van der Waals surface area contributed by atoms with Gasteiger partial charge in [0.05, 0.1) is 17.8 Å². The van der Waals surface area contributed by atoms with Crippen LogP contribution < -0.4 is 0 Å². The predicted octanol–water partition coefficient (Wildman–Crippen LogP) is 4.75. The first kappa shape index (κ1) is 20.7. The van der Waals surface area contributed by atoms with Crippen LogP contribution in [0.5, 0.6) is 0 Å². The number of hydrogen-bond donors (Lipinski definition) is 0. The summed E-state index contributed by atoms with van der Waals surface area (Å²) in [6.45, 7) is 2.58. The summed E-state index contributed by atoms with van der Waals surface area (Å²) in [7, 11) is 1.86. The molecule has 0 radical (unpaired) electrons. The summed E-state index contributed by atoms with van der Waals surface area (Å²) in [6.07, 6.45) is -1.08. The molecule has 31 heavy (non-hydrogen) atoms. The van der Waals surface area contributed by atoms with Crippen molar-refractivity contribution in [3.63, 3.8) is 0 Å². The largest absolute Gasteiger partial charge is 0.441 e. The second kappa shape index (κ2) is 8.31. The van der Waals surface area contributed by atoms with E-state index >= 15 is 0 Å². The standard InChI is InChI=1S/C21H18F3N5O2/c1-13-17(26-20(30-13)15-3-5-16(6-4-15)21(22,23)24)11-29(2)12-18-27-19(28-31-18)14-7-9-25-10-8-14/h3-10H,11-12H2,1-2H3. The number of nitrogens with zero attached hydrogens (tertiary/aromatic N) is 5. The van der Waals surface area contributed by atoms with Crippen molar-refractivity contribution >= 4 is 0 Å². The lowest BCUT2D eigenvalue weighted by atomic mass is 10.1. The van der Waals surface area contributed by atoms with Crippen LogP contribution in [0.3, 0.4) is 0 Å². The van der Waals surface area contributed by atoms with Crippen LogP contribution in [0.2, 0.25) is 0 Å². The number of aryl methyl sites for hydroxylation is 1. The molecule has 160 valence electrons. The lowest BCUT2D eigenvalue weighted by molar-refractivity contribution is -0.137. The first-order valence-corrected chi connectivity index (χ1v) is 9.35. The smallest absolute Gasteiger partial charge is 0.416 e. The van der Waals surface area contributed by atoms with Crippen LogP contribution in [-0.4, -0.2) is 32.1 Å². The zero-order valence-electron chi connectivity index (χ0n) is 16.7. The van der Waals surface area contributed by atoms with Crippen molar-refractivity contribution in [2.24, 2.45) is 0 Å². The molecule has 0 amide bonds. The van der Waals surface area contributed by atoms with E-state index in [1.165, 1.54) is 12.1 Å². The van der Waals surface area contributed by atoms with E-state index in [0.29, 0.717) is 41.8 Å². The molecule has 0 spiro atoms. The van der Waals surface area contributed by atoms with Gasteiger partial charge < -0.3 is 8.94 Å². The molecule has 4 aromatic rings. The van der Waals surface area contributed by atoms with Gasteiger partial charge in [-0.15, -0.1) is 0 Å². The summed E-state index contributed by atoms with van der Waals surface area (Å²) in [5.74, 6) is 1.78. The van der Waals surface area contributed by atoms with Gasteiger partial charge in [-0.1, -0.05) is 5.16 Å². The molecule has 0 unspecified atom stereocenters. The van der Waals surface area contributed by atoms with Gasteiger partial charge in [0.2, 0.25) is 17.6 Å². The van der Waals surface area contributed by atoms with E-state index in [0.717, 1.165) is 17.7 Å². The highest BCUT2D eigenvalue weighted by Crippen LogP contribution is 2.31. The molecule has 0 aliphatic carbocycles. The first-order chi connectivity index (χ1) is 14.8. The van der Waals surface area contributed by atoms with Crippen molar-refractivity contribution in [1.82, 2.24) is 25.0 Å². The number of hydrogen-bond acceptors (Lipinski definition) is 7. The Kier molecular flexibility index (Phi) is 5.55. The van der Waals surface area contributed by atoms with Gasteiger partial charge in [-0.05, 0) is 50.4 Å². The second-order valence-electron chi connectivity index (χ2n) is 7.02. The predicted molar refractivity (Wildman–Crippen MR) is 104 cm³/mol. The lowest BCUT2D eigenvalue weighted by Gasteiger charge is -2.12. The van der Waals surface area contributed by atoms with Crippen LogP contribution in [0.1, 0.15) is 22.9 Å². The van der Waals surface area contributed by atoms with Gasteiger partial charge >= 0.3 is 6.18 Å². The Morgan fingerprint density at radius 3 is 2.32 bits per heavy atom. The molecule has 0 N–H and O–H groups in total. The van der Waals surface area contributed by atoms with E-state index < -0.39 is 11.7 Å². The van der Waals surface area contributed by atoms with Crippen LogP contribution in [0, 0.1) is 6.92 Å². The van der Waals surface area contributed by atoms with Crippen LogP contribution in [0.15, 0.2) is 57.7 Å². The highest BCUT2D eigenvalue weighted by Gasteiger charge is 2.30. The quantitative estimate of drug-likeness (QED) is 0.438. The van der Waals surface area contributed by atoms with Crippen molar-refractivity contribution in [2.75, 3.05) is 7.05 Å². The fraction of sp³-hybridized carbons (Fsp3) is 0.238. The Morgan fingerprint density at radius 1 is 0.935 bits per heavy atom. The molecule has 3 aromatic heterocycles. The highest BCUT2D eigenvalue weighted by molar-refractivity contribution is 5.54. The lowest BCUT2D eigenvalue weighted by Crippen LogP contribution is -2.18. The summed E-state index contributed by atoms with van der Waals surface area (Å²) in [5, 5.41) is 3.98. The molecule has 0 bridgehead atoms. The molecule has 7 nitrogen and oxygen atoms in total. The van der Waals surface area contributed by atoms with E-state index in [1.807, 2.05) is 11.9 Å². The molecule has 0 atom stereocenters. The summed E-state index contributed by atoms with van der Waals surface area (Å²) in [4.78, 5) is 14.7. The minimum absolute atomic E-state index is 0.271. The Morgan fingerprint density at radius 2 is 1.65 bits per heavy atom. The summed E-state index contributed by atoms with van der Waals surface area (Å²) >= 11 is 0. The maximum atomic E-state index is 12.7. The van der Waals surface area contributed by atoms with Gasteiger partial charge in [-0.3, -0.25) is 9.88 Å². The van der Waals surface area contributed by atoms with Crippen molar-refractivity contribution < 1.29 is 22.1 Å². The van der Waals surface area contributed by atoms with Gasteiger partial charge in [0, 0.05) is 30.1 Å². The van der Waals surface area contributed by atoms with Crippen LogP contribution >= 0.6 is 0 Å². The van der Waals surface area contributed by atoms with Crippen LogP contribution in [0.4, 0.5) is 13.2 Å². The molecule has 4 rings (SSSR count). The Hall–Kier alpha value is -3.53. The summed E-state index contributed by atoms with van der Waals surface area (Å²) < 4.78 is 49.2. The summed E-state index contributed by atoms with van der Waals surface area (Å²) in [6, 6.07) is 8.30. The maximum Gasteiger partial charge on any atom is 0.416 e. The number of alkyl halides is 3. The van der Waals surface area contributed by atoms with Crippen molar-refractivity contribution in [3.8, 4) is 22.8 Å². The van der Waals surface area contributed by atoms with Gasteiger partial charge in [0.1, 0.15) is 5.76 Å². The van der Waals surface area contributed by atoms with Gasteiger partial charge in [0.25, 0.3) is 0 Å². The van der Waals surface area contributed by atoms with Gasteiger partial charge in [-0.2, -0.15) is 18.2 Å². The highest BCUT2D eigenvalue weighted by atomic mass is 19.4. The van der Waals surface area contributed by atoms with Crippen LogP contribution in [0.25, 0.3) is 22.8 Å². The molecule has 0 saturated heterocycles. The van der Waals surface area contributed by atoms with Crippen molar-refractivity contribution in [3.05, 3.63) is 71.7 Å². The van der Waals surface area contributed by atoms with E-state index in [4.69, 9.17) is 8.94 Å². The van der Waals surface area contributed by atoms with Crippen molar-refractivity contribution in [2.45, 2.75) is 26.2 Å². The Labute approximate surface area is 175 Å². The van der Waals surface area contributed by atoms with E-state index in [-0.39, 0.29) is 5.89 Å². The topological polar surface area (TPSA) is 81.1 Å². The average Bonchev–Trinajstić information content (AvgIpc) is 3.35. The van der Waals surface area contributed by atoms with E-state index in [9.17, 15) is 13.2 Å². The van der Waals surface area contributed by atoms with Gasteiger partial charge in [0.15, 0.2) is 0 Å².